The van der Waals surface area contributed by atoms with Gasteiger partial charge < -0.3 is 20.1 Å². The zero-order chi connectivity index (χ0) is 14.5. The Hall–Kier alpha value is -1.75. The molecule has 1 unspecified atom stereocenters. The maximum atomic E-state index is 12.1. The van der Waals surface area contributed by atoms with Gasteiger partial charge in [0.05, 0.1) is 12.6 Å². The van der Waals surface area contributed by atoms with Crippen molar-refractivity contribution in [3.63, 3.8) is 0 Å². The molecule has 5 nitrogen and oxygen atoms in total. The predicted octanol–water partition coefficient (Wildman–Crippen LogP) is 1.41. The molecule has 20 heavy (non-hydrogen) atoms. The Balaban J connectivity index is 1.98. The molecule has 1 amide bonds. The molecule has 1 aromatic rings. The number of rotatable bonds is 5. The summed E-state index contributed by atoms with van der Waals surface area (Å²) >= 11 is 0. The lowest BCUT2D eigenvalue weighted by atomic mass is 10.2. The van der Waals surface area contributed by atoms with E-state index >= 15 is 0 Å². The number of carbonyl (C=O) groups is 1. The number of para-hydroxylation sites is 2. The van der Waals surface area contributed by atoms with E-state index in [4.69, 9.17) is 15.2 Å². The van der Waals surface area contributed by atoms with Crippen LogP contribution in [0.4, 0.5) is 0 Å². The van der Waals surface area contributed by atoms with Crippen LogP contribution in [0, 0.1) is 0 Å². The molecule has 1 heterocycles. The van der Waals surface area contributed by atoms with Crippen LogP contribution >= 0.6 is 0 Å². The summed E-state index contributed by atoms with van der Waals surface area (Å²) in [5.41, 5.74) is 5.81. The van der Waals surface area contributed by atoms with Crippen LogP contribution in [0.3, 0.4) is 0 Å². The summed E-state index contributed by atoms with van der Waals surface area (Å²) in [7, 11) is 0. The number of nitrogens with two attached hydrogens (primary N) is 1. The number of fused-ring (bicyclic) bond motifs is 1. The Kier molecular flexibility index (Phi) is 4.84. The summed E-state index contributed by atoms with van der Waals surface area (Å²) in [4.78, 5) is 13.9. The van der Waals surface area contributed by atoms with Gasteiger partial charge in [-0.2, -0.15) is 0 Å². The summed E-state index contributed by atoms with van der Waals surface area (Å²) in [6, 6.07) is 7.12. The maximum absolute atomic E-state index is 12.1. The highest BCUT2D eigenvalue weighted by molar-refractivity contribution is 5.81. The zero-order valence-corrected chi connectivity index (χ0v) is 12.0. The van der Waals surface area contributed by atoms with E-state index in [9.17, 15) is 4.79 Å². The summed E-state index contributed by atoms with van der Waals surface area (Å²) in [5.74, 6) is 1.45. The Morgan fingerprint density at radius 1 is 1.40 bits per heavy atom. The molecule has 0 saturated carbocycles. The maximum Gasteiger partial charge on any atom is 0.239 e. The van der Waals surface area contributed by atoms with Gasteiger partial charge in [-0.15, -0.1) is 0 Å². The van der Waals surface area contributed by atoms with Gasteiger partial charge in [-0.1, -0.05) is 19.1 Å². The zero-order valence-electron chi connectivity index (χ0n) is 12.0. The highest BCUT2D eigenvalue weighted by Gasteiger charge is 2.26. The molecule has 0 radical (unpaired) electrons. The largest absolute Gasteiger partial charge is 0.486 e. The van der Waals surface area contributed by atoms with Gasteiger partial charge in [0.25, 0.3) is 0 Å². The van der Waals surface area contributed by atoms with Crippen LogP contribution in [0.25, 0.3) is 0 Å². The van der Waals surface area contributed by atoms with E-state index in [1.807, 2.05) is 38.1 Å². The third-order valence-corrected chi connectivity index (χ3v) is 3.44. The molecule has 2 rings (SSSR count). The molecule has 1 aliphatic rings. The number of hydrogen-bond donors (Lipinski definition) is 1. The van der Waals surface area contributed by atoms with E-state index in [1.54, 1.807) is 4.90 Å². The molecule has 1 aromatic carbocycles. The Bertz CT molecular complexity index is 464. The molecule has 0 fully saturated rings. The van der Waals surface area contributed by atoms with E-state index in [0.717, 1.165) is 11.5 Å². The molecule has 0 bridgehead atoms. The van der Waals surface area contributed by atoms with Crippen molar-refractivity contribution in [2.75, 3.05) is 19.7 Å². The second-order valence-corrected chi connectivity index (χ2v) is 4.89. The molecule has 0 spiro atoms. The summed E-state index contributed by atoms with van der Waals surface area (Å²) < 4.78 is 11.5. The molecule has 0 aromatic heterocycles. The molecule has 2 atom stereocenters. The van der Waals surface area contributed by atoms with E-state index in [-0.39, 0.29) is 12.0 Å². The van der Waals surface area contributed by atoms with Crippen LogP contribution in [0.1, 0.15) is 20.3 Å². The first-order valence-electron chi connectivity index (χ1n) is 7.08. The monoisotopic (exact) mass is 278 g/mol. The number of likely N-dealkylation sites (N-methyl/N-ethyl adjacent to an activating group) is 1. The van der Waals surface area contributed by atoms with E-state index in [0.29, 0.717) is 26.1 Å². The molecule has 2 N–H and O–H groups in total. The van der Waals surface area contributed by atoms with Crippen LogP contribution in [0.15, 0.2) is 24.3 Å². The lowest BCUT2D eigenvalue weighted by Gasteiger charge is -2.31. The highest BCUT2D eigenvalue weighted by Crippen LogP contribution is 2.31. The second-order valence-electron chi connectivity index (χ2n) is 4.89. The van der Waals surface area contributed by atoms with Crippen LogP contribution in [0.2, 0.25) is 0 Å². The smallest absolute Gasteiger partial charge is 0.239 e. The van der Waals surface area contributed by atoms with E-state index in [1.165, 1.54) is 0 Å². The summed E-state index contributed by atoms with van der Waals surface area (Å²) in [6.07, 6.45) is 0.484. The Labute approximate surface area is 119 Å². The van der Waals surface area contributed by atoms with Crippen LogP contribution in [-0.2, 0) is 4.79 Å². The lowest BCUT2D eigenvalue weighted by Crippen LogP contribution is -2.49. The van der Waals surface area contributed by atoms with Gasteiger partial charge in [0.15, 0.2) is 17.6 Å². The van der Waals surface area contributed by atoms with Crippen molar-refractivity contribution >= 4 is 5.91 Å². The first-order chi connectivity index (χ1) is 9.65. The third kappa shape index (κ3) is 3.22. The average Bonchev–Trinajstić information content (AvgIpc) is 2.50. The Morgan fingerprint density at radius 2 is 2.10 bits per heavy atom. The van der Waals surface area contributed by atoms with Crippen molar-refractivity contribution in [3.05, 3.63) is 24.3 Å². The van der Waals surface area contributed by atoms with Crippen LogP contribution < -0.4 is 15.2 Å². The minimum Gasteiger partial charge on any atom is -0.486 e. The minimum atomic E-state index is -0.438. The third-order valence-electron chi connectivity index (χ3n) is 3.44. The number of nitrogens with zero attached hydrogens (tertiary/aromatic N) is 1. The summed E-state index contributed by atoms with van der Waals surface area (Å²) in [5, 5.41) is 0. The normalized spacial score (nSPS) is 18.4. The van der Waals surface area contributed by atoms with E-state index < -0.39 is 6.04 Å². The SMILES string of the molecule is CC[C@@H](N)C(=O)N(CC)CC1COc2ccccc2O1. The second kappa shape index (κ2) is 6.61. The number of hydrogen-bond acceptors (Lipinski definition) is 4. The first-order valence-corrected chi connectivity index (χ1v) is 7.08. The summed E-state index contributed by atoms with van der Waals surface area (Å²) in [6.45, 7) is 5.42. The van der Waals surface area contributed by atoms with Crippen LogP contribution in [0.5, 0.6) is 11.5 Å². The molecular weight excluding hydrogens is 256 g/mol. The molecular formula is C15H22N2O3. The quantitative estimate of drug-likeness (QED) is 0.884. The number of carbonyl (C=O) groups excluding carboxylic acids is 1. The predicted molar refractivity (Wildman–Crippen MR) is 76.9 cm³/mol. The average molecular weight is 278 g/mol. The topological polar surface area (TPSA) is 64.8 Å². The number of benzene rings is 1. The van der Waals surface area contributed by atoms with Crippen molar-refractivity contribution in [2.24, 2.45) is 5.73 Å². The van der Waals surface area contributed by atoms with Gasteiger partial charge in [0.2, 0.25) is 5.91 Å². The van der Waals surface area contributed by atoms with Crippen molar-refractivity contribution in [1.29, 1.82) is 0 Å². The van der Waals surface area contributed by atoms with Crippen molar-refractivity contribution in [3.8, 4) is 11.5 Å². The van der Waals surface area contributed by atoms with Gasteiger partial charge in [-0.25, -0.2) is 0 Å². The minimum absolute atomic E-state index is 0.0301. The van der Waals surface area contributed by atoms with Gasteiger partial charge in [0, 0.05) is 6.54 Å². The van der Waals surface area contributed by atoms with E-state index in [2.05, 4.69) is 0 Å². The fourth-order valence-electron chi connectivity index (χ4n) is 2.18. The van der Waals surface area contributed by atoms with Gasteiger partial charge in [-0.05, 0) is 25.5 Å². The first kappa shape index (κ1) is 14.7. The molecule has 0 aliphatic carbocycles. The number of amides is 1. The highest BCUT2D eigenvalue weighted by atomic mass is 16.6. The standard InChI is InChI=1S/C15H22N2O3/c1-3-12(16)15(18)17(4-2)9-11-10-19-13-7-5-6-8-14(13)20-11/h5-8,11-12H,3-4,9-10,16H2,1-2H3/t11?,12-/m1/s1. The number of ether oxygens (including phenoxy) is 2. The van der Waals surface area contributed by atoms with Gasteiger partial charge in [0.1, 0.15) is 6.61 Å². The molecule has 1 aliphatic heterocycles. The fourth-order valence-corrected chi connectivity index (χ4v) is 2.18. The van der Waals surface area contributed by atoms with Crippen molar-refractivity contribution in [1.82, 2.24) is 4.90 Å². The van der Waals surface area contributed by atoms with Gasteiger partial charge in [-0.3, -0.25) is 4.79 Å². The van der Waals surface area contributed by atoms with Crippen molar-refractivity contribution < 1.29 is 14.3 Å². The lowest BCUT2D eigenvalue weighted by molar-refractivity contribution is -0.134. The van der Waals surface area contributed by atoms with Crippen molar-refractivity contribution in [2.45, 2.75) is 32.4 Å². The van der Waals surface area contributed by atoms with Gasteiger partial charge >= 0.3 is 0 Å². The molecule has 5 heteroatoms. The molecule has 0 saturated heterocycles. The van der Waals surface area contributed by atoms with Crippen LogP contribution in [-0.4, -0.2) is 42.6 Å². The Morgan fingerprint density at radius 3 is 2.75 bits per heavy atom. The fraction of sp³-hybridized carbons (Fsp3) is 0.533. The molecule has 110 valence electrons.